The SMILES string of the molecule is Nc1ccc2c(c1)Sc1cc(O[C@H]3C[C@H](OCCCN4CCN(c5ccc6c(c5)C(=O)N(C5CCC(=O)NC5=O)C6=O)CC4)C3)ccc1N2. The van der Waals surface area contributed by atoms with E-state index in [9.17, 15) is 19.2 Å². The van der Waals surface area contributed by atoms with E-state index in [0.29, 0.717) is 17.7 Å². The minimum absolute atomic E-state index is 0.100. The minimum atomic E-state index is -0.960. The van der Waals surface area contributed by atoms with Crippen LogP contribution in [-0.2, 0) is 14.3 Å². The van der Waals surface area contributed by atoms with Gasteiger partial charge in [-0.3, -0.25) is 34.3 Å². The summed E-state index contributed by atoms with van der Waals surface area (Å²) in [5.74, 6) is -1.08. The van der Waals surface area contributed by atoms with Gasteiger partial charge in [-0.25, -0.2) is 0 Å². The van der Waals surface area contributed by atoms with Gasteiger partial charge in [0.15, 0.2) is 0 Å². The Kier molecular flexibility index (Phi) is 8.42. The Labute approximate surface area is 288 Å². The average Bonchev–Trinajstić information content (AvgIpc) is 3.32. The van der Waals surface area contributed by atoms with Gasteiger partial charge in [0, 0.05) is 79.8 Å². The fraction of sp³-hybridized carbons (Fsp3) is 0.389. The van der Waals surface area contributed by atoms with Crippen molar-refractivity contribution in [2.75, 3.05) is 55.3 Å². The number of carbonyl (C=O) groups excluding carboxylic acids is 4. The summed E-state index contributed by atoms with van der Waals surface area (Å²) in [6.07, 6.45) is 3.37. The average molecular weight is 683 g/mol. The Bertz CT molecular complexity index is 1840. The summed E-state index contributed by atoms with van der Waals surface area (Å²) in [4.78, 5) is 58.1. The lowest BCUT2D eigenvalue weighted by molar-refractivity contribution is -0.136. The van der Waals surface area contributed by atoms with Gasteiger partial charge in [-0.1, -0.05) is 11.8 Å². The first-order chi connectivity index (χ1) is 23.8. The van der Waals surface area contributed by atoms with E-state index in [0.717, 1.165) is 95.2 Å². The van der Waals surface area contributed by atoms with Gasteiger partial charge in [-0.15, -0.1) is 0 Å². The molecular formula is C36H38N6O6S. The zero-order chi connectivity index (χ0) is 33.6. The first-order valence-corrected chi connectivity index (χ1v) is 17.7. The maximum Gasteiger partial charge on any atom is 0.262 e. The fourth-order valence-corrected chi connectivity index (χ4v) is 8.18. The number of nitrogens with one attached hydrogen (secondary N) is 2. The van der Waals surface area contributed by atoms with Crippen molar-refractivity contribution < 1.29 is 28.7 Å². The molecule has 0 radical (unpaired) electrons. The van der Waals surface area contributed by atoms with Crippen LogP contribution in [0, 0.1) is 0 Å². The number of anilines is 4. The number of carbonyl (C=O) groups is 4. The Morgan fingerprint density at radius 2 is 1.57 bits per heavy atom. The third kappa shape index (κ3) is 6.33. The van der Waals surface area contributed by atoms with E-state index in [1.807, 2.05) is 30.3 Å². The van der Waals surface area contributed by atoms with Crippen LogP contribution in [0.15, 0.2) is 64.4 Å². The predicted molar refractivity (Wildman–Crippen MR) is 184 cm³/mol. The summed E-state index contributed by atoms with van der Waals surface area (Å²) >= 11 is 1.70. The molecule has 1 saturated carbocycles. The molecule has 1 aliphatic carbocycles. The van der Waals surface area contributed by atoms with Gasteiger partial charge >= 0.3 is 0 Å². The van der Waals surface area contributed by atoms with Crippen LogP contribution in [0.3, 0.4) is 0 Å². The van der Waals surface area contributed by atoms with Crippen molar-refractivity contribution in [2.45, 2.75) is 60.1 Å². The number of amides is 4. The van der Waals surface area contributed by atoms with Crippen LogP contribution in [0.5, 0.6) is 5.75 Å². The molecule has 4 heterocycles. The molecule has 3 aromatic rings. The lowest BCUT2D eigenvalue weighted by Crippen LogP contribution is -2.54. The first-order valence-electron chi connectivity index (χ1n) is 16.9. The van der Waals surface area contributed by atoms with E-state index in [1.165, 1.54) is 0 Å². The molecule has 4 N–H and O–H groups in total. The third-order valence-electron chi connectivity index (χ3n) is 9.94. The zero-order valence-corrected chi connectivity index (χ0v) is 27.8. The van der Waals surface area contributed by atoms with Crippen LogP contribution in [0.25, 0.3) is 0 Å². The van der Waals surface area contributed by atoms with Crippen LogP contribution in [0.1, 0.15) is 52.8 Å². The molecule has 13 heteroatoms. The number of rotatable bonds is 9. The van der Waals surface area contributed by atoms with Crippen LogP contribution < -0.4 is 26.0 Å². The number of hydrogen-bond acceptors (Lipinski definition) is 11. The van der Waals surface area contributed by atoms with Crippen LogP contribution in [-0.4, -0.2) is 91.0 Å². The Hall–Kier alpha value is -4.59. The quantitative estimate of drug-likeness (QED) is 0.134. The zero-order valence-electron chi connectivity index (χ0n) is 27.0. The topological polar surface area (TPSA) is 147 Å². The van der Waals surface area contributed by atoms with Gasteiger partial charge in [0.1, 0.15) is 17.9 Å². The van der Waals surface area contributed by atoms with Crippen molar-refractivity contribution in [2.24, 2.45) is 0 Å². The Balaban J connectivity index is 0.747. The molecule has 0 spiro atoms. The molecule has 254 valence electrons. The standard InChI is InChI=1S/C36H38N6O6S/c37-21-2-6-28-31(16-21)49-32-20-23(4-7-29(32)38-28)48-25-18-24(19-25)47-15-1-10-40-11-13-41(14-12-40)22-3-5-26-27(17-22)36(46)42(35(26)45)30-8-9-33(43)39-34(30)44/h2-7,16-17,20,24-25,30,38H,1,8-15,18-19,37H2,(H,39,43,44)/t24-,25-,30?. The van der Waals surface area contributed by atoms with Crippen molar-refractivity contribution in [3.05, 3.63) is 65.7 Å². The molecule has 3 aromatic carbocycles. The number of benzene rings is 3. The molecule has 8 rings (SSSR count). The number of hydrogen-bond donors (Lipinski definition) is 3. The number of nitrogens with zero attached hydrogens (tertiary/aromatic N) is 3. The second-order valence-corrected chi connectivity index (χ2v) is 14.3. The summed E-state index contributed by atoms with van der Waals surface area (Å²) < 4.78 is 12.4. The van der Waals surface area contributed by atoms with Crippen LogP contribution >= 0.6 is 11.8 Å². The highest BCUT2D eigenvalue weighted by molar-refractivity contribution is 7.99. The summed E-state index contributed by atoms with van der Waals surface area (Å²) in [7, 11) is 0. The van der Waals surface area contributed by atoms with E-state index in [2.05, 4.69) is 32.6 Å². The van der Waals surface area contributed by atoms with Crippen molar-refractivity contribution in [1.29, 1.82) is 0 Å². The van der Waals surface area contributed by atoms with Gasteiger partial charge in [-0.05, 0) is 67.4 Å². The molecule has 5 aliphatic rings. The van der Waals surface area contributed by atoms with E-state index in [1.54, 1.807) is 23.9 Å². The van der Waals surface area contributed by atoms with E-state index < -0.39 is 23.8 Å². The lowest BCUT2D eigenvalue weighted by atomic mass is 9.92. The van der Waals surface area contributed by atoms with Gasteiger partial charge in [-0.2, -0.15) is 0 Å². The highest BCUT2D eigenvalue weighted by atomic mass is 32.2. The van der Waals surface area contributed by atoms with Gasteiger partial charge < -0.3 is 25.4 Å². The smallest absolute Gasteiger partial charge is 0.262 e. The van der Waals surface area contributed by atoms with Gasteiger partial charge in [0.25, 0.3) is 11.8 Å². The number of imide groups is 2. The molecule has 2 saturated heterocycles. The number of ether oxygens (including phenoxy) is 2. The molecule has 0 aromatic heterocycles. The monoisotopic (exact) mass is 682 g/mol. The minimum Gasteiger partial charge on any atom is -0.490 e. The van der Waals surface area contributed by atoms with Gasteiger partial charge in [0.2, 0.25) is 11.8 Å². The third-order valence-corrected chi connectivity index (χ3v) is 11.1. The summed E-state index contributed by atoms with van der Waals surface area (Å²) in [6.45, 7) is 5.05. The summed E-state index contributed by atoms with van der Waals surface area (Å²) in [6, 6.07) is 16.4. The molecule has 1 unspecified atom stereocenters. The van der Waals surface area contributed by atoms with Crippen molar-refractivity contribution in [3.8, 4) is 5.75 Å². The number of piperazine rings is 1. The largest absolute Gasteiger partial charge is 0.490 e. The normalized spacial score (nSPS) is 23.3. The van der Waals surface area contributed by atoms with E-state index >= 15 is 0 Å². The number of piperidine rings is 1. The van der Waals surface area contributed by atoms with E-state index in [4.69, 9.17) is 15.2 Å². The molecule has 3 fully saturated rings. The molecular weight excluding hydrogens is 644 g/mol. The molecule has 12 nitrogen and oxygen atoms in total. The van der Waals surface area contributed by atoms with Gasteiger partial charge in [0.05, 0.1) is 28.6 Å². The first kappa shape index (κ1) is 31.7. The van der Waals surface area contributed by atoms with Crippen molar-refractivity contribution >= 4 is 58.1 Å². The van der Waals surface area contributed by atoms with E-state index in [-0.39, 0.29) is 31.0 Å². The van der Waals surface area contributed by atoms with Crippen molar-refractivity contribution in [1.82, 2.24) is 15.1 Å². The molecule has 49 heavy (non-hydrogen) atoms. The van der Waals surface area contributed by atoms with Crippen LogP contribution in [0.4, 0.5) is 22.7 Å². The Morgan fingerprint density at radius 1 is 0.816 bits per heavy atom. The second-order valence-electron chi connectivity index (χ2n) is 13.2. The highest BCUT2D eigenvalue weighted by Gasteiger charge is 2.45. The number of nitrogen functional groups attached to an aromatic ring is 1. The highest BCUT2D eigenvalue weighted by Crippen LogP contribution is 2.46. The molecule has 0 bridgehead atoms. The molecule has 4 aliphatic heterocycles. The lowest BCUT2D eigenvalue weighted by Gasteiger charge is -2.37. The van der Waals surface area contributed by atoms with Crippen molar-refractivity contribution in [3.63, 3.8) is 0 Å². The number of nitrogens with two attached hydrogens (primary N) is 1. The fourth-order valence-electron chi connectivity index (χ4n) is 7.12. The maximum absolute atomic E-state index is 13.2. The molecule has 4 amide bonds. The second kappa shape index (κ2) is 13.0. The van der Waals surface area contributed by atoms with Crippen LogP contribution in [0.2, 0.25) is 0 Å². The number of fused-ring (bicyclic) bond motifs is 3. The maximum atomic E-state index is 13.2. The molecule has 1 atom stereocenters. The Morgan fingerprint density at radius 3 is 2.37 bits per heavy atom. The predicted octanol–water partition coefficient (Wildman–Crippen LogP) is 4.02. The summed E-state index contributed by atoms with van der Waals surface area (Å²) in [5.41, 5.74) is 10.4. The summed E-state index contributed by atoms with van der Waals surface area (Å²) in [5, 5.41) is 5.71.